The monoisotopic (exact) mass is 523 g/mol. The first-order valence-electron chi connectivity index (χ1n) is 12.8. The number of morpholine rings is 1. The van der Waals surface area contributed by atoms with Crippen molar-refractivity contribution < 1.29 is 32.5 Å². The summed E-state index contributed by atoms with van der Waals surface area (Å²) in [7, 11) is 0. The average Bonchev–Trinajstić information content (AvgIpc) is 3.20. The molecule has 6 rings (SSSR count). The van der Waals surface area contributed by atoms with Gasteiger partial charge in [-0.05, 0) is 46.7 Å². The zero-order valence-electron chi connectivity index (χ0n) is 20.7. The summed E-state index contributed by atoms with van der Waals surface area (Å²) >= 11 is 0. The van der Waals surface area contributed by atoms with Gasteiger partial charge in [0.2, 0.25) is 0 Å². The van der Waals surface area contributed by atoms with Gasteiger partial charge in [-0.1, -0.05) is 66.7 Å². The molecule has 2 fully saturated rings. The van der Waals surface area contributed by atoms with Crippen molar-refractivity contribution in [2.45, 2.75) is 49.0 Å². The van der Waals surface area contributed by atoms with Gasteiger partial charge in [0.15, 0.2) is 0 Å². The predicted octanol–water partition coefficient (Wildman–Crippen LogP) is 5.79. The number of carbonyl (C=O) groups is 1. The fourth-order valence-corrected chi connectivity index (χ4v) is 6.42. The highest BCUT2D eigenvalue weighted by molar-refractivity contribution is 5.79. The van der Waals surface area contributed by atoms with Crippen LogP contribution < -0.4 is 0 Å². The molecule has 1 aliphatic carbocycles. The van der Waals surface area contributed by atoms with Crippen molar-refractivity contribution >= 4 is 6.09 Å². The van der Waals surface area contributed by atoms with Crippen molar-refractivity contribution in [3.63, 3.8) is 0 Å². The predicted molar refractivity (Wildman–Crippen MR) is 135 cm³/mol. The number of carbonyl (C=O) groups excluding carboxylic acids is 1. The second-order valence-electron chi connectivity index (χ2n) is 10.6. The number of rotatable bonds is 4. The lowest BCUT2D eigenvalue weighted by Gasteiger charge is -2.51. The van der Waals surface area contributed by atoms with E-state index in [9.17, 15) is 23.1 Å². The van der Waals surface area contributed by atoms with Gasteiger partial charge < -0.3 is 14.6 Å². The molecule has 3 aromatic carbocycles. The van der Waals surface area contributed by atoms with Crippen molar-refractivity contribution in [2.24, 2.45) is 0 Å². The van der Waals surface area contributed by atoms with Gasteiger partial charge in [0.05, 0.1) is 36.5 Å². The fourth-order valence-electron chi connectivity index (χ4n) is 6.42. The summed E-state index contributed by atoms with van der Waals surface area (Å²) in [5, 5.41) is 11.4. The fraction of sp³-hybridized carbons (Fsp3) is 0.367. The molecule has 2 unspecified atom stereocenters. The Morgan fingerprint density at radius 3 is 2.16 bits per heavy atom. The minimum atomic E-state index is -4.45. The van der Waals surface area contributed by atoms with E-state index in [1.165, 1.54) is 6.07 Å². The maximum absolute atomic E-state index is 13.4. The third-order valence-corrected chi connectivity index (χ3v) is 7.97. The number of ether oxygens (including phenoxy) is 2. The number of nitrogens with zero attached hydrogens (tertiary/aromatic N) is 1. The van der Waals surface area contributed by atoms with Crippen LogP contribution in [0.3, 0.4) is 0 Å². The Kier molecular flexibility index (Phi) is 6.19. The first-order valence-corrected chi connectivity index (χ1v) is 12.8. The smallest absolute Gasteiger partial charge is 0.416 e. The second kappa shape index (κ2) is 9.43. The normalized spacial score (nSPS) is 24.6. The highest BCUT2D eigenvalue weighted by Gasteiger charge is 2.49. The maximum Gasteiger partial charge on any atom is 0.416 e. The number of benzene rings is 3. The van der Waals surface area contributed by atoms with Crippen molar-refractivity contribution in [3.8, 4) is 11.1 Å². The zero-order chi connectivity index (χ0) is 26.5. The Bertz CT molecular complexity index is 1300. The number of halogens is 3. The molecule has 2 heterocycles. The highest BCUT2D eigenvalue weighted by Crippen LogP contribution is 2.45. The lowest BCUT2D eigenvalue weighted by molar-refractivity contribution is -0.138. The minimum absolute atomic E-state index is 0.0647. The molecule has 0 aromatic heterocycles. The van der Waals surface area contributed by atoms with E-state index < -0.39 is 35.5 Å². The van der Waals surface area contributed by atoms with E-state index in [-0.39, 0.29) is 45.0 Å². The summed E-state index contributed by atoms with van der Waals surface area (Å²) in [6.45, 7) is 0.676. The maximum atomic E-state index is 13.4. The summed E-state index contributed by atoms with van der Waals surface area (Å²) in [5.74, 6) is -0.0647. The van der Waals surface area contributed by atoms with E-state index in [1.54, 1.807) is 11.0 Å². The van der Waals surface area contributed by atoms with Crippen LogP contribution in [0, 0.1) is 0 Å². The quantitative estimate of drug-likeness (QED) is 0.470. The van der Waals surface area contributed by atoms with Crippen LogP contribution in [0.15, 0.2) is 72.8 Å². The van der Waals surface area contributed by atoms with Gasteiger partial charge in [-0.2, -0.15) is 13.2 Å². The third-order valence-electron chi connectivity index (χ3n) is 7.97. The molecule has 5 nitrogen and oxygen atoms in total. The first-order chi connectivity index (χ1) is 18.2. The van der Waals surface area contributed by atoms with E-state index in [0.717, 1.165) is 34.4 Å². The van der Waals surface area contributed by atoms with Crippen LogP contribution >= 0.6 is 0 Å². The van der Waals surface area contributed by atoms with Gasteiger partial charge in [0, 0.05) is 12.3 Å². The van der Waals surface area contributed by atoms with Crippen LogP contribution in [0.4, 0.5) is 18.0 Å². The number of aliphatic hydroxyl groups is 1. The molecule has 2 saturated heterocycles. The summed E-state index contributed by atoms with van der Waals surface area (Å²) in [5.41, 5.74) is 2.97. The molecular weight excluding hydrogens is 495 g/mol. The Labute approximate surface area is 218 Å². The van der Waals surface area contributed by atoms with Crippen molar-refractivity contribution in [2.75, 3.05) is 19.8 Å². The number of amides is 1. The Balaban J connectivity index is 1.16. The van der Waals surface area contributed by atoms with E-state index in [1.807, 2.05) is 24.3 Å². The van der Waals surface area contributed by atoms with E-state index >= 15 is 0 Å². The Morgan fingerprint density at radius 2 is 1.55 bits per heavy atom. The molecule has 0 saturated carbocycles. The van der Waals surface area contributed by atoms with Gasteiger partial charge in [-0.3, -0.25) is 4.90 Å². The van der Waals surface area contributed by atoms with Gasteiger partial charge in [-0.25, -0.2) is 4.79 Å². The van der Waals surface area contributed by atoms with Crippen LogP contribution in [0.1, 0.15) is 41.0 Å². The molecule has 2 bridgehead atoms. The summed E-state index contributed by atoms with van der Waals surface area (Å²) < 4.78 is 51.1. The number of hydrogen-bond acceptors (Lipinski definition) is 4. The van der Waals surface area contributed by atoms with Crippen molar-refractivity contribution in [1.29, 1.82) is 0 Å². The standard InChI is InChI=1S/C30H28F3NO4/c31-30(32,33)20-7-5-6-19(12-20)13-29(36)14-21-16-37-17-22(15-29)34(21)28(35)38-18-27-25-10-3-1-8-23(25)24-9-2-4-11-26(24)27/h1-12,21-22,27,36H,13-18H2. The van der Waals surface area contributed by atoms with Gasteiger partial charge in [0.1, 0.15) is 6.61 Å². The van der Waals surface area contributed by atoms with Gasteiger partial charge in [-0.15, -0.1) is 0 Å². The summed E-state index contributed by atoms with van der Waals surface area (Å²) in [6.07, 6.45) is -4.43. The molecular formula is C30H28F3NO4. The molecule has 1 amide bonds. The third kappa shape index (κ3) is 4.56. The zero-order valence-corrected chi connectivity index (χ0v) is 20.7. The topological polar surface area (TPSA) is 59.0 Å². The highest BCUT2D eigenvalue weighted by atomic mass is 19.4. The molecule has 2 aliphatic heterocycles. The molecule has 38 heavy (non-hydrogen) atoms. The summed E-state index contributed by atoms with van der Waals surface area (Å²) in [6, 6.07) is 20.5. The van der Waals surface area contributed by atoms with E-state index in [0.29, 0.717) is 5.56 Å². The van der Waals surface area contributed by atoms with Crippen LogP contribution in [0.25, 0.3) is 11.1 Å². The second-order valence-corrected chi connectivity index (χ2v) is 10.6. The van der Waals surface area contributed by atoms with Crippen molar-refractivity contribution in [3.05, 3.63) is 95.1 Å². The molecule has 8 heteroatoms. The summed E-state index contributed by atoms with van der Waals surface area (Å²) in [4.78, 5) is 15.0. The lowest BCUT2D eigenvalue weighted by atomic mass is 9.77. The lowest BCUT2D eigenvalue weighted by Crippen LogP contribution is -2.64. The van der Waals surface area contributed by atoms with Crippen LogP contribution in [0.2, 0.25) is 0 Å². The van der Waals surface area contributed by atoms with Crippen LogP contribution in [-0.4, -0.2) is 53.6 Å². The van der Waals surface area contributed by atoms with Crippen molar-refractivity contribution in [1.82, 2.24) is 4.90 Å². The van der Waals surface area contributed by atoms with Gasteiger partial charge >= 0.3 is 12.3 Å². The Hall–Kier alpha value is -3.36. The van der Waals surface area contributed by atoms with Crippen LogP contribution in [0.5, 0.6) is 0 Å². The minimum Gasteiger partial charge on any atom is -0.448 e. The number of fused-ring (bicyclic) bond motifs is 5. The molecule has 198 valence electrons. The molecule has 3 aromatic rings. The number of hydrogen-bond donors (Lipinski definition) is 1. The van der Waals surface area contributed by atoms with E-state index in [2.05, 4.69) is 24.3 Å². The Morgan fingerprint density at radius 1 is 0.947 bits per heavy atom. The SMILES string of the molecule is O=C(OCC1c2ccccc2-c2ccccc21)N1C2COCC1CC(O)(Cc1cccc(C(F)(F)F)c1)C2. The van der Waals surface area contributed by atoms with Crippen LogP contribution in [-0.2, 0) is 22.1 Å². The molecule has 0 radical (unpaired) electrons. The molecule has 0 spiro atoms. The molecule has 2 atom stereocenters. The number of piperidine rings is 1. The molecule has 1 N–H and O–H groups in total. The largest absolute Gasteiger partial charge is 0.448 e. The van der Waals surface area contributed by atoms with E-state index in [4.69, 9.17) is 9.47 Å². The number of alkyl halides is 3. The van der Waals surface area contributed by atoms with Gasteiger partial charge in [0.25, 0.3) is 0 Å². The average molecular weight is 524 g/mol. The molecule has 3 aliphatic rings. The first kappa shape index (κ1) is 24.9.